The second kappa shape index (κ2) is 11.6. The maximum atomic E-state index is 5.96. The number of allylic oxidation sites excluding steroid dienone is 1. The second-order valence-electron chi connectivity index (χ2n) is 10.0. The zero-order valence-electron chi connectivity index (χ0n) is 18.3. The van der Waals surface area contributed by atoms with Gasteiger partial charge in [0.1, 0.15) is 0 Å². The number of unbranched alkanes of at least 4 members (excludes halogenated alkanes) is 2. The van der Waals surface area contributed by atoms with Gasteiger partial charge in [0.25, 0.3) is 0 Å². The summed E-state index contributed by atoms with van der Waals surface area (Å²) in [7, 11) is 0. The summed E-state index contributed by atoms with van der Waals surface area (Å²) >= 11 is 0. The molecule has 1 aliphatic heterocycles. The highest BCUT2D eigenvalue weighted by molar-refractivity contribution is 4.96. The van der Waals surface area contributed by atoms with E-state index in [0.29, 0.717) is 12.0 Å². The lowest BCUT2D eigenvalue weighted by molar-refractivity contribution is -0.00552. The van der Waals surface area contributed by atoms with Gasteiger partial charge in [-0.1, -0.05) is 64.5 Å². The zero-order chi connectivity index (χ0) is 18.9. The average molecular weight is 375 g/mol. The molecule has 3 rings (SSSR count). The Labute approximate surface area is 169 Å². The number of ether oxygens (including phenoxy) is 1. The van der Waals surface area contributed by atoms with Crippen LogP contribution in [0.25, 0.3) is 0 Å². The molecule has 1 heteroatoms. The second-order valence-corrected chi connectivity index (χ2v) is 10.0. The van der Waals surface area contributed by atoms with Crippen LogP contribution in [0.4, 0.5) is 0 Å². The summed E-state index contributed by atoms with van der Waals surface area (Å²) < 4.78 is 5.96. The Kier molecular flexibility index (Phi) is 9.23. The smallest absolute Gasteiger partial charge is 0.0573 e. The van der Waals surface area contributed by atoms with E-state index in [2.05, 4.69) is 26.0 Å². The maximum Gasteiger partial charge on any atom is 0.0573 e. The van der Waals surface area contributed by atoms with Gasteiger partial charge in [0.15, 0.2) is 0 Å². The van der Waals surface area contributed by atoms with Crippen LogP contribution in [0.2, 0.25) is 0 Å². The molecule has 0 aromatic carbocycles. The fraction of sp³-hybridized carbons (Fsp3) is 0.923. The first-order valence-corrected chi connectivity index (χ1v) is 12.6. The van der Waals surface area contributed by atoms with Gasteiger partial charge in [-0.3, -0.25) is 0 Å². The van der Waals surface area contributed by atoms with E-state index < -0.39 is 0 Å². The summed E-state index contributed by atoms with van der Waals surface area (Å²) in [5, 5.41) is 0. The lowest BCUT2D eigenvalue weighted by Crippen LogP contribution is -2.26. The Hall–Kier alpha value is -0.300. The van der Waals surface area contributed by atoms with E-state index in [1.54, 1.807) is 12.8 Å². The van der Waals surface area contributed by atoms with Crippen molar-refractivity contribution < 1.29 is 4.74 Å². The molecule has 0 N–H and O–H groups in total. The SMILES string of the molecule is CCCCCC1CCC(C2CCC(/C=C/C3CCC(CC)OC3)CC2)CC1. The Morgan fingerprint density at radius 2 is 1.33 bits per heavy atom. The number of hydrogen-bond donors (Lipinski definition) is 0. The summed E-state index contributed by atoms with van der Waals surface area (Å²) in [6, 6.07) is 0. The van der Waals surface area contributed by atoms with E-state index in [0.717, 1.165) is 30.3 Å². The van der Waals surface area contributed by atoms with Crippen LogP contribution in [0.1, 0.15) is 110 Å². The maximum absolute atomic E-state index is 5.96. The first kappa shape index (κ1) is 21.4. The van der Waals surface area contributed by atoms with Gasteiger partial charge >= 0.3 is 0 Å². The molecule has 2 unspecified atom stereocenters. The molecule has 0 spiro atoms. The van der Waals surface area contributed by atoms with Crippen molar-refractivity contribution in [2.75, 3.05) is 6.61 Å². The van der Waals surface area contributed by atoms with Gasteiger partial charge in [-0.15, -0.1) is 0 Å². The third-order valence-electron chi connectivity index (χ3n) is 8.11. The molecule has 0 aromatic rings. The quantitative estimate of drug-likeness (QED) is 0.309. The molecule has 156 valence electrons. The normalized spacial score (nSPS) is 38.3. The van der Waals surface area contributed by atoms with Gasteiger partial charge in [-0.05, 0) is 81.5 Å². The van der Waals surface area contributed by atoms with Crippen LogP contribution in [0.15, 0.2) is 12.2 Å². The molecule has 1 saturated heterocycles. The molecule has 0 amide bonds. The van der Waals surface area contributed by atoms with Crippen LogP contribution in [-0.4, -0.2) is 12.7 Å². The van der Waals surface area contributed by atoms with Crippen LogP contribution >= 0.6 is 0 Å². The van der Waals surface area contributed by atoms with E-state index in [4.69, 9.17) is 4.74 Å². The minimum atomic E-state index is 0.534. The topological polar surface area (TPSA) is 9.23 Å². The first-order valence-electron chi connectivity index (χ1n) is 12.6. The highest BCUT2D eigenvalue weighted by Crippen LogP contribution is 2.42. The Balaban J connectivity index is 1.31. The molecule has 2 atom stereocenters. The van der Waals surface area contributed by atoms with Crippen LogP contribution in [0.5, 0.6) is 0 Å². The fourth-order valence-corrected chi connectivity index (χ4v) is 6.05. The van der Waals surface area contributed by atoms with Gasteiger partial charge in [-0.25, -0.2) is 0 Å². The number of rotatable bonds is 8. The van der Waals surface area contributed by atoms with Crippen LogP contribution in [-0.2, 0) is 4.74 Å². The van der Waals surface area contributed by atoms with Gasteiger partial charge in [0.05, 0.1) is 12.7 Å². The van der Waals surface area contributed by atoms with Crippen molar-refractivity contribution in [1.29, 1.82) is 0 Å². The predicted octanol–water partition coefficient (Wildman–Crippen LogP) is 7.94. The van der Waals surface area contributed by atoms with E-state index in [9.17, 15) is 0 Å². The van der Waals surface area contributed by atoms with Gasteiger partial charge in [0.2, 0.25) is 0 Å². The summed E-state index contributed by atoms with van der Waals surface area (Å²) in [6.07, 6.45) is 27.3. The molecule has 27 heavy (non-hydrogen) atoms. The average Bonchev–Trinajstić information content (AvgIpc) is 2.74. The summed E-state index contributed by atoms with van der Waals surface area (Å²) in [5.41, 5.74) is 0. The van der Waals surface area contributed by atoms with Crippen molar-refractivity contribution in [3.05, 3.63) is 12.2 Å². The largest absolute Gasteiger partial charge is 0.378 e. The van der Waals surface area contributed by atoms with Gasteiger partial charge < -0.3 is 4.74 Å². The van der Waals surface area contributed by atoms with Crippen molar-refractivity contribution in [3.63, 3.8) is 0 Å². The van der Waals surface area contributed by atoms with Crippen LogP contribution in [0, 0.1) is 29.6 Å². The Bertz CT molecular complexity index is 404. The summed E-state index contributed by atoms with van der Waals surface area (Å²) in [5.74, 6) is 4.73. The first-order chi connectivity index (χ1) is 13.3. The highest BCUT2D eigenvalue weighted by atomic mass is 16.5. The lowest BCUT2D eigenvalue weighted by atomic mass is 9.68. The fourth-order valence-electron chi connectivity index (χ4n) is 6.05. The van der Waals surface area contributed by atoms with Crippen molar-refractivity contribution in [2.24, 2.45) is 29.6 Å². The summed E-state index contributed by atoms with van der Waals surface area (Å²) in [6.45, 7) is 5.54. The molecule has 0 bridgehead atoms. The number of hydrogen-bond acceptors (Lipinski definition) is 1. The molecule has 2 saturated carbocycles. The van der Waals surface area contributed by atoms with Crippen molar-refractivity contribution in [1.82, 2.24) is 0 Å². The van der Waals surface area contributed by atoms with Gasteiger partial charge in [0, 0.05) is 5.92 Å². The van der Waals surface area contributed by atoms with Crippen molar-refractivity contribution in [2.45, 2.75) is 116 Å². The van der Waals surface area contributed by atoms with Crippen molar-refractivity contribution in [3.8, 4) is 0 Å². The molecule has 1 heterocycles. The van der Waals surface area contributed by atoms with E-state index in [1.165, 1.54) is 83.5 Å². The third kappa shape index (κ3) is 6.91. The molecule has 0 radical (unpaired) electrons. The Morgan fingerprint density at radius 3 is 1.93 bits per heavy atom. The van der Waals surface area contributed by atoms with Crippen LogP contribution < -0.4 is 0 Å². The molecule has 3 fully saturated rings. The minimum Gasteiger partial charge on any atom is -0.378 e. The standard InChI is InChI=1S/C26H46O/c1-3-5-6-7-21-10-15-24(16-11-21)25-17-12-22(13-18-25)8-9-23-14-19-26(4-2)27-20-23/h8-9,21-26H,3-7,10-20H2,1-2H3/b9-8+. The lowest BCUT2D eigenvalue weighted by Gasteiger charge is -2.37. The summed E-state index contributed by atoms with van der Waals surface area (Å²) in [4.78, 5) is 0. The molecular formula is C26H46O. The van der Waals surface area contributed by atoms with Crippen molar-refractivity contribution >= 4 is 0 Å². The Morgan fingerprint density at radius 1 is 0.704 bits per heavy atom. The molecule has 2 aliphatic carbocycles. The molecule has 0 aromatic heterocycles. The van der Waals surface area contributed by atoms with E-state index in [-0.39, 0.29) is 0 Å². The monoisotopic (exact) mass is 374 g/mol. The predicted molar refractivity (Wildman–Crippen MR) is 117 cm³/mol. The highest BCUT2D eigenvalue weighted by Gasteiger charge is 2.30. The zero-order valence-corrected chi connectivity index (χ0v) is 18.3. The van der Waals surface area contributed by atoms with Gasteiger partial charge in [-0.2, -0.15) is 0 Å². The molecule has 1 nitrogen and oxygen atoms in total. The molecular weight excluding hydrogens is 328 g/mol. The van der Waals surface area contributed by atoms with E-state index >= 15 is 0 Å². The van der Waals surface area contributed by atoms with Crippen LogP contribution in [0.3, 0.4) is 0 Å². The molecule has 3 aliphatic rings. The minimum absolute atomic E-state index is 0.534. The third-order valence-corrected chi connectivity index (χ3v) is 8.11. The van der Waals surface area contributed by atoms with E-state index in [1.807, 2.05) is 0 Å².